The molecule has 344 valence electrons. The van der Waals surface area contributed by atoms with Crippen LogP contribution in [0.15, 0.2) is 96.1 Å². The molecule has 0 unspecified atom stereocenters. The van der Waals surface area contributed by atoms with Gasteiger partial charge < -0.3 is 10.4 Å². The number of likely N-dealkylation sites (N-methyl/N-ethyl adjacent to an activating group) is 1. The summed E-state index contributed by atoms with van der Waals surface area (Å²) in [6.45, 7) is 18.7. The molecule has 12 rings (SSSR count). The summed E-state index contributed by atoms with van der Waals surface area (Å²) in [4.78, 5) is 59.9. The molecule has 3 aliphatic carbocycles. The van der Waals surface area contributed by atoms with Gasteiger partial charge in [0, 0.05) is 68.7 Å². The molecule has 0 saturated carbocycles. The minimum atomic E-state index is -0.588. The van der Waals surface area contributed by atoms with Gasteiger partial charge in [0.25, 0.3) is 23.6 Å². The second-order valence-electron chi connectivity index (χ2n) is 22.9. The zero-order valence-electron chi connectivity index (χ0n) is 40.4. The Labute approximate surface area is 395 Å². The number of benzene rings is 5. The molecule has 3 saturated heterocycles. The summed E-state index contributed by atoms with van der Waals surface area (Å²) in [5.41, 5.74) is 7.50. The summed E-state index contributed by atoms with van der Waals surface area (Å²) < 4.78 is 0. The van der Waals surface area contributed by atoms with E-state index < -0.39 is 39.9 Å². The third-order valence-electron chi connectivity index (χ3n) is 16.4. The van der Waals surface area contributed by atoms with Crippen molar-refractivity contribution in [3.63, 3.8) is 0 Å². The molecular formula is C58H56N4O6. The van der Waals surface area contributed by atoms with Gasteiger partial charge in [0.2, 0.25) is 0 Å². The largest absolute Gasteiger partial charge is 0.313 e. The third kappa shape index (κ3) is 5.60. The number of hydrogen-bond acceptors (Lipinski definition) is 8. The predicted octanol–water partition coefficient (Wildman–Crippen LogP) is 9.53. The van der Waals surface area contributed by atoms with Crippen molar-refractivity contribution in [1.82, 2.24) is 15.0 Å². The van der Waals surface area contributed by atoms with Gasteiger partial charge in [-0.3, -0.25) is 24.1 Å². The van der Waals surface area contributed by atoms with Crippen LogP contribution < -0.4 is 15.3 Å². The number of carbonyl (C=O) groups is 4. The van der Waals surface area contributed by atoms with Crippen LogP contribution in [0.3, 0.4) is 0 Å². The van der Waals surface area contributed by atoms with E-state index in [0.717, 1.165) is 65.2 Å². The number of fused-ring (bicyclic) bond motifs is 4. The highest BCUT2D eigenvalue weighted by Crippen LogP contribution is 2.58. The van der Waals surface area contributed by atoms with Gasteiger partial charge in [-0.05, 0) is 172 Å². The zero-order chi connectivity index (χ0) is 48.0. The SMILES string of the molecule is Cc1ccc2c(=C3CC(C)(C)N(O)C(C)(C)C3)c3cc(N4C(=O)c5ccc6c7c(ccc(c57)C4=O)C4=CC=C5C(=O)N(C)C(=O)C7=CC=C6C4C75)ccc3c(=C3CC(C)(C)N(O)C(C)(C)C3)c2c1. The van der Waals surface area contributed by atoms with E-state index in [0.29, 0.717) is 59.0 Å². The highest BCUT2D eigenvalue weighted by molar-refractivity contribution is 6.37. The topological polar surface area (TPSA) is 122 Å². The number of piperidine rings is 3. The molecule has 3 fully saturated rings. The molecule has 5 aromatic rings. The second kappa shape index (κ2) is 13.7. The van der Waals surface area contributed by atoms with E-state index in [2.05, 4.69) is 86.6 Å². The predicted molar refractivity (Wildman–Crippen MR) is 266 cm³/mol. The van der Waals surface area contributed by atoms with E-state index in [4.69, 9.17) is 0 Å². The Hall–Kier alpha value is -6.30. The molecule has 0 atom stereocenters. The molecule has 5 aromatic carbocycles. The van der Waals surface area contributed by atoms with Gasteiger partial charge in [-0.25, -0.2) is 4.90 Å². The van der Waals surface area contributed by atoms with Crippen molar-refractivity contribution >= 4 is 83.9 Å². The molecule has 10 nitrogen and oxygen atoms in total. The highest BCUT2D eigenvalue weighted by Gasteiger charge is 2.51. The van der Waals surface area contributed by atoms with E-state index in [1.54, 1.807) is 0 Å². The number of rotatable bonds is 1. The number of allylic oxidation sites excluding steroid dienone is 6. The van der Waals surface area contributed by atoms with Crippen LogP contribution in [0.2, 0.25) is 0 Å². The van der Waals surface area contributed by atoms with E-state index in [9.17, 15) is 20.0 Å². The first-order valence-electron chi connectivity index (χ1n) is 23.9. The highest BCUT2D eigenvalue weighted by atomic mass is 16.5. The van der Waals surface area contributed by atoms with Crippen LogP contribution in [0.25, 0.3) is 54.6 Å². The molecule has 0 aromatic heterocycles. The average molecular weight is 905 g/mol. The quantitative estimate of drug-likeness (QED) is 0.126. The first-order valence-corrected chi connectivity index (χ1v) is 23.9. The Kier molecular flexibility index (Phi) is 8.66. The van der Waals surface area contributed by atoms with Crippen LogP contribution >= 0.6 is 0 Å². The standard InChI is InChI=1S/C58H56N4O6/c1-29-11-13-37-43(23-29)45(30-25-55(2,3)61(67)56(4,5)26-30)38-14-12-32(24-44(38)46(37)31-27-57(6,7)62(68)58(8,9)28-31)60-53(65)41-21-17-35-33-15-19-39-49-40(52(64)59(10)51(39)63)20-16-34(47(33)49)36-18-22-42(54(60)66)50(41)48(35)36/h11-24,47,49,67-68H,25-28H2,1-10H3. The summed E-state index contributed by atoms with van der Waals surface area (Å²) in [5.74, 6) is -2.06. The summed E-state index contributed by atoms with van der Waals surface area (Å²) in [6, 6.07) is 20.3. The maximum Gasteiger partial charge on any atom is 0.265 e. The minimum absolute atomic E-state index is 0.253. The molecule has 0 spiro atoms. The maximum atomic E-state index is 15.2. The van der Waals surface area contributed by atoms with Crippen molar-refractivity contribution in [3.05, 3.63) is 134 Å². The fraction of sp³-hybridized carbons (Fsp3) is 0.345. The van der Waals surface area contributed by atoms with Crippen molar-refractivity contribution < 1.29 is 29.6 Å². The first-order chi connectivity index (χ1) is 32.0. The van der Waals surface area contributed by atoms with E-state index in [1.807, 2.05) is 60.7 Å². The van der Waals surface area contributed by atoms with Crippen molar-refractivity contribution in [2.45, 2.75) is 110 Å². The smallest absolute Gasteiger partial charge is 0.265 e. The van der Waals surface area contributed by atoms with E-state index >= 15 is 9.59 Å². The van der Waals surface area contributed by atoms with Crippen LogP contribution in [-0.4, -0.2) is 78.3 Å². The molecule has 4 amide bonds. The monoisotopic (exact) mass is 904 g/mol. The van der Waals surface area contributed by atoms with Crippen LogP contribution in [-0.2, 0) is 9.59 Å². The lowest BCUT2D eigenvalue weighted by molar-refractivity contribution is -0.228. The molecule has 10 heteroatoms. The molecule has 68 heavy (non-hydrogen) atoms. The number of anilines is 1. The summed E-state index contributed by atoms with van der Waals surface area (Å²) in [6.07, 6.45) is 10.1. The van der Waals surface area contributed by atoms with Crippen molar-refractivity contribution in [2.24, 2.45) is 11.8 Å². The molecule has 4 aliphatic heterocycles. The van der Waals surface area contributed by atoms with E-state index in [-0.39, 0.29) is 17.7 Å². The number of imide groups is 2. The van der Waals surface area contributed by atoms with Crippen molar-refractivity contribution in [1.29, 1.82) is 0 Å². The van der Waals surface area contributed by atoms with Crippen molar-refractivity contribution in [3.8, 4) is 0 Å². The van der Waals surface area contributed by atoms with E-state index in [1.165, 1.54) is 38.1 Å². The molecular weight excluding hydrogens is 849 g/mol. The number of hydroxylamine groups is 4. The van der Waals surface area contributed by atoms with Crippen LogP contribution in [0.5, 0.6) is 0 Å². The fourth-order valence-electron chi connectivity index (χ4n) is 13.9. The lowest BCUT2D eigenvalue weighted by atomic mass is 9.60. The first kappa shape index (κ1) is 43.0. The Morgan fingerprint density at radius 3 is 1.32 bits per heavy atom. The number of aryl methyl sites for hydroxylation is 1. The van der Waals surface area contributed by atoms with Gasteiger partial charge >= 0.3 is 0 Å². The summed E-state index contributed by atoms with van der Waals surface area (Å²) in [5, 5.41) is 33.8. The Morgan fingerprint density at radius 2 is 0.853 bits per heavy atom. The van der Waals surface area contributed by atoms with Crippen LogP contribution in [0, 0.1) is 18.8 Å². The van der Waals surface area contributed by atoms with Gasteiger partial charge in [-0.2, -0.15) is 10.1 Å². The molecule has 7 aliphatic rings. The number of amides is 4. The van der Waals surface area contributed by atoms with Gasteiger partial charge in [0.1, 0.15) is 0 Å². The number of hydrogen-bond donors (Lipinski definition) is 2. The number of carbonyl (C=O) groups excluding carboxylic acids is 4. The lowest BCUT2D eigenvalue weighted by Crippen LogP contribution is -2.57. The van der Waals surface area contributed by atoms with Crippen LogP contribution in [0.4, 0.5) is 5.69 Å². The Bertz CT molecular complexity index is 3430. The lowest BCUT2D eigenvalue weighted by Gasteiger charge is -2.50. The third-order valence-corrected chi connectivity index (χ3v) is 16.4. The minimum Gasteiger partial charge on any atom is -0.313 e. The summed E-state index contributed by atoms with van der Waals surface area (Å²) in [7, 11) is 1.53. The van der Waals surface area contributed by atoms with Crippen LogP contribution in [0.1, 0.15) is 118 Å². The fourth-order valence-corrected chi connectivity index (χ4v) is 13.9. The van der Waals surface area contributed by atoms with Crippen molar-refractivity contribution in [2.75, 3.05) is 11.9 Å². The zero-order valence-corrected chi connectivity index (χ0v) is 40.4. The number of likely N-dealkylation sites (tertiary alicyclic amines) is 1. The Morgan fingerprint density at radius 1 is 0.471 bits per heavy atom. The molecule has 4 heterocycles. The second-order valence-corrected chi connectivity index (χ2v) is 22.9. The van der Waals surface area contributed by atoms with Gasteiger partial charge in [0.05, 0.1) is 5.69 Å². The maximum absolute atomic E-state index is 15.2. The molecule has 2 N–H and O–H groups in total. The van der Waals surface area contributed by atoms with Gasteiger partial charge in [-0.15, -0.1) is 0 Å². The Balaban J connectivity index is 1.10. The molecule has 0 bridgehead atoms. The number of nitrogens with zero attached hydrogens (tertiary/aromatic N) is 4. The summed E-state index contributed by atoms with van der Waals surface area (Å²) >= 11 is 0. The van der Waals surface area contributed by atoms with Gasteiger partial charge in [0.15, 0.2) is 0 Å². The van der Waals surface area contributed by atoms with Gasteiger partial charge in [-0.1, -0.05) is 77.4 Å². The molecule has 0 radical (unpaired) electrons. The average Bonchev–Trinajstić information content (AvgIpc) is 3.28. The normalized spacial score (nSPS) is 24.6.